The van der Waals surface area contributed by atoms with Gasteiger partial charge < -0.3 is 40.1 Å². The first-order valence-electron chi connectivity index (χ1n) is 11.1. The van der Waals surface area contributed by atoms with Crippen LogP contribution < -0.4 is 0 Å². The highest BCUT2D eigenvalue weighted by molar-refractivity contribution is 5.67. The normalized spacial score (nSPS) is 66.0. The summed E-state index contributed by atoms with van der Waals surface area (Å²) in [4.78, 5) is 12.1. The average Bonchev–Trinajstić information content (AvgIpc) is 2.89. The van der Waals surface area contributed by atoms with Crippen molar-refractivity contribution in [2.45, 2.75) is 107 Å². The second kappa shape index (κ2) is 5.14. The molecule has 6 rings (SSSR count). The molecule has 1 spiro atoms. The van der Waals surface area contributed by atoms with Crippen LogP contribution in [0.2, 0.25) is 0 Å². The van der Waals surface area contributed by atoms with E-state index < -0.39 is 74.6 Å². The third-order valence-electron chi connectivity index (χ3n) is 10.6. The Morgan fingerprint density at radius 1 is 1.13 bits per heavy atom. The van der Waals surface area contributed by atoms with Gasteiger partial charge in [-0.15, -0.1) is 0 Å². The second-order valence-corrected chi connectivity index (χ2v) is 11.5. The van der Waals surface area contributed by atoms with Crippen LogP contribution >= 0.6 is 0 Å². The molecule has 176 valence electrons. The highest BCUT2D eigenvalue weighted by atomic mass is 16.7. The van der Waals surface area contributed by atoms with Crippen LogP contribution in [0.3, 0.4) is 0 Å². The first-order valence-corrected chi connectivity index (χ1v) is 11.1. The van der Waals surface area contributed by atoms with Crippen LogP contribution in [0, 0.1) is 22.7 Å². The van der Waals surface area contributed by atoms with Gasteiger partial charge in [0.05, 0.1) is 5.41 Å². The summed E-state index contributed by atoms with van der Waals surface area (Å²) in [5, 5.41) is 72.3. The molecule has 0 aromatic carbocycles. The van der Waals surface area contributed by atoms with Crippen molar-refractivity contribution >= 4 is 5.97 Å². The van der Waals surface area contributed by atoms with Crippen LogP contribution in [0.1, 0.15) is 60.8 Å². The van der Waals surface area contributed by atoms with Gasteiger partial charge in [0.1, 0.15) is 34.6 Å². The van der Waals surface area contributed by atoms with Gasteiger partial charge in [-0.25, -0.2) is 0 Å². The van der Waals surface area contributed by atoms with E-state index in [1.54, 1.807) is 20.8 Å². The number of rotatable bonds is 2. The molecular formula is C22H34O9. The van der Waals surface area contributed by atoms with Crippen LogP contribution in [0.4, 0.5) is 0 Å². The Balaban J connectivity index is 1.94. The van der Waals surface area contributed by atoms with Gasteiger partial charge in [-0.05, 0) is 31.6 Å². The Morgan fingerprint density at radius 2 is 1.71 bits per heavy atom. The first kappa shape index (κ1) is 22.0. The Kier molecular flexibility index (Phi) is 3.65. The largest absolute Gasteiger partial charge is 0.459 e. The van der Waals surface area contributed by atoms with E-state index in [4.69, 9.17) is 9.47 Å². The molecule has 2 heterocycles. The molecule has 6 aliphatic rings. The predicted octanol–water partition coefficient (Wildman–Crippen LogP) is -0.810. The number of aliphatic hydroxyl groups is 6. The minimum atomic E-state index is -2.53. The molecule has 0 radical (unpaired) electrons. The van der Waals surface area contributed by atoms with E-state index in [-0.39, 0.29) is 12.8 Å². The second-order valence-electron chi connectivity index (χ2n) is 11.5. The van der Waals surface area contributed by atoms with Crippen LogP contribution in [0.15, 0.2) is 0 Å². The number of carbonyl (C=O) groups excluding carboxylic acids is 1. The first-order chi connectivity index (χ1) is 13.9. The number of hydrogen-bond donors (Lipinski definition) is 6. The fraction of sp³-hybridized carbons (Fsp3) is 0.955. The Bertz CT molecular complexity index is 894. The van der Waals surface area contributed by atoms with Crippen molar-refractivity contribution < 1.29 is 44.9 Å². The van der Waals surface area contributed by atoms with E-state index in [1.165, 1.54) is 20.8 Å². The summed E-state index contributed by atoms with van der Waals surface area (Å²) in [6.07, 6.45) is -2.96. The molecule has 0 amide bonds. The number of aliphatic hydroxyl groups excluding tert-OH is 1. The Morgan fingerprint density at radius 3 is 2.23 bits per heavy atom. The smallest absolute Gasteiger partial charge is 0.303 e. The van der Waals surface area contributed by atoms with Gasteiger partial charge in [0.2, 0.25) is 0 Å². The van der Waals surface area contributed by atoms with E-state index in [0.717, 1.165) is 0 Å². The molecule has 6 bridgehead atoms. The predicted molar refractivity (Wildman–Crippen MR) is 104 cm³/mol. The van der Waals surface area contributed by atoms with Gasteiger partial charge in [0.15, 0.2) is 11.4 Å². The van der Waals surface area contributed by atoms with Gasteiger partial charge in [-0.2, -0.15) is 0 Å². The summed E-state index contributed by atoms with van der Waals surface area (Å²) in [5.41, 5.74) is -14.9. The monoisotopic (exact) mass is 442 g/mol. The summed E-state index contributed by atoms with van der Waals surface area (Å²) < 4.78 is 11.8. The number of ether oxygens (including phenoxy) is 2. The third-order valence-corrected chi connectivity index (χ3v) is 10.6. The molecule has 2 saturated heterocycles. The van der Waals surface area contributed by atoms with Crippen molar-refractivity contribution in [1.29, 1.82) is 0 Å². The molecule has 0 aromatic rings. The van der Waals surface area contributed by atoms with Crippen molar-refractivity contribution in [2.75, 3.05) is 0 Å². The van der Waals surface area contributed by atoms with Gasteiger partial charge in [0.25, 0.3) is 0 Å². The van der Waals surface area contributed by atoms with Crippen molar-refractivity contribution in [3.8, 4) is 0 Å². The molecule has 2 aliphatic heterocycles. The van der Waals surface area contributed by atoms with Crippen LogP contribution in [-0.2, 0) is 14.3 Å². The minimum Gasteiger partial charge on any atom is -0.459 e. The van der Waals surface area contributed by atoms with Crippen molar-refractivity contribution in [2.24, 2.45) is 22.7 Å². The molecule has 9 heteroatoms. The molecule has 0 unspecified atom stereocenters. The zero-order valence-electron chi connectivity index (χ0n) is 18.8. The zero-order valence-corrected chi connectivity index (χ0v) is 18.8. The lowest BCUT2D eigenvalue weighted by Crippen LogP contribution is -2.75. The van der Waals surface area contributed by atoms with Crippen LogP contribution in [-0.4, -0.2) is 82.6 Å². The summed E-state index contributed by atoms with van der Waals surface area (Å²) in [6.45, 7) is 9.10. The van der Waals surface area contributed by atoms with Crippen LogP contribution in [0.25, 0.3) is 0 Å². The number of hydrogen-bond acceptors (Lipinski definition) is 9. The summed E-state index contributed by atoms with van der Waals surface area (Å²) >= 11 is 0. The lowest BCUT2D eigenvalue weighted by Gasteiger charge is -2.61. The quantitative estimate of drug-likeness (QED) is 0.301. The van der Waals surface area contributed by atoms with Crippen molar-refractivity contribution in [3.63, 3.8) is 0 Å². The van der Waals surface area contributed by atoms with E-state index in [0.29, 0.717) is 6.42 Å². The highest BCUT2D eigenvalue weighted by Crippen LogP contribution is 2.90. The number of esters is 1. The molecule has 9 nitrogen and oxygen atoms in total. The van der Waals surface area contributed by atoms with E-state index >= 15 is 0 Å². The van der Waals surface area contributed by atoms with Crippen molar-refractivity contribution in [3.05, 3.63) is 0 Å². The fourth-order valence-corrected chi connectivity index (χ4v) is 9.16. The molecule has 11 atom stereocenters. The molecule has 6 N–H and O–H groups in total. The van der Waals surface area contributed by atoms with Crippen molar-refractivity contribution in [1.82, 2.24) is 0 Å². The highest BCUT2D eigenvalue weighted by Gasteiger charge is 3.09. The molecule has 6 fully saturated rings. The van der Waals surface area contributed by atoms with Gasteiger partial charge in [-0.1, -0.05) is 27.7 Å². The molecule has 31 heavy (non-hydrogen) atoms. The molecule has 4 saturated carbocycles. The van der Waals surface area contributed by atoms with Gasteiger partial charge in [0, 0.05) is 18.8 Å². The minimum absolute atomic E-state index is 0.0893. The molecule has 0 aromatic heterocycles. The van der Waals surface area contributed by atoms with E-state index in [1.807, 2.05) is 0 Å². The van der Waals surface area contributed by atoms with E-state index in [2.05, 4.69) is 0 Å². The van der Waals surface area contributed by atoms with Crippen LogP contribution in [0.5, 0.6) is 0 Å². The molecular weight excluding hydrogens is 408 g/mol. The summed E-state index contributed by atoms with van der Waals surface area (Å²) in [6, 6.07) is 0. The lowest BCUT2D eigenvalue weighted by molar-refractivity contribution is -0.390. The fourth-order valence-electron chi connectivity index (χ4n) is 9.16. The maximum atomic E-state index is 12.6. The Labute approximate surface area is 181 Å². The SMILES string of the molecule is CC(=O)O[C@@H]1[C@@H](C)CC[C@]2(O)[C@]3(C)C[C@]4(O)O[C@]12[C@]1(O)[C@@]3(O)[C@H](O)[C@](O)(C(C)C)[C@@]14C. The third kappa shape index (κ3) is 1.47. The van der Waals surface area contributed by atoms with E-state index in [9.17, 15) is 35.4 Å². The maximum Gasteiger partial charge on any atom is 0.303 e. The maximum absolute atomic E-state index is 12.6. The van der Waals surface area contributed by atoms with Gasteiger partial charge >= 0.3 is 5.97 Å². The topological polar surface area (TPSA) is 157 Å². The molecule has 4 aliphatic carbocycles. The summed E-state index contributed by atoms with van der Waals surface area (Å²) in [7, 11) is 0. The Hall–Kier alpha value is -0.810. The standard InChI is InChI=1S/C22H34O9/c1-10(2)19(27)14(24)20(28)15(5)9-18(26)16(19,6)22(20,29)21(31-18)13(30-12(4)23)11(3)7-8-17(15,21)25/h10-11,13-14,24-29H,7-9H2,1-6H3/t11-,13+,14+,15-,16-,17-,18-,19+,20+,21+,22+/m0/s1. The zero-order chi connectivity index (χ0) is 23.4. The average molecular weight is 443 g/mol. The lowest BCUT2D eigenvalue weighted by atomic mass is 9.52. The number of carbonyl (C=O) groups is 1. The summed E-state index contributed by atoms with van der Waals surface area (Å²) in [5.74, 6) is -3.98. The van der Waals surface area contributed by atoms with Gasteiger partial charge in [-0.3, -0.25) is 4.79 Å².